The van der Waals surface area contributed by atoms with Crippen molar-refractivity contribution >= 4 is 24.8 Å². The van der Waals surface area contributed by atoms with E-state index in [9.17, 15) is 15.0 Å². The zero-order valence-corrected chi connectivity index (χ0v) is 9.13. The van der Waals surface area contributed by atoms with Crippen LogP contribution in [0, 0.1) is 0 Å². The molecule has 0 heterocycles. The summed E-state index contributed by atoms with van der Waals surface area (Å²) in [7, 11) is 0. The number of nitrogens with zero attached hydrogens (tertiary/aromatic N) is 1. The molecular formula is C10H11NO4S. The van der Waals surface area contributed by atoms with Crippen molar-refractivity contribution in [3.63, 3.8) is 0 Å². The van der Waals surface area contributed by atoms with Gasteiger partial charge in [-0.15, -0.1) is 0 Å². The van der Waals surface area contributed by atoms with Crippen LogP contribution in [0.2, 0.25) is 0 Å². The lowest BCUT2D eigenvalue weighted by Gasteiger charge is -2.03. The number of benzene rings is 1. The van der Waals surface area contributed by atoms with Gasteiger partial charge in [0.05, 0.1) is 0 Å². The summed E-state index contributed by atoms with van der Waals surface area (Å²) in [6.07, 6.45) is 1.20. The Balaban J connectivity index is 2.91. The van der Waals surface area contributed by atoms with Gasteiger partial charge in [-0.1, -0.05) is 6.07 Å². The lowest BCUT2D eigenvalue weighted by molar-refractivity contribution is -0.137. The predicted molar refractivity (Wildman–Crippen MR) is 62.6 cm³/mol. The highest BCUT2D eigenvalue weighted by Crippen LogP contribution is 2.26. The standard InChI is InChI=1S/C10H11NO4S/c12-8-3-1-2-6(9(8)13)4-11-7(5-16)10(14)15/h1-4,7,12-13,16H,5H2,(H,14,15)/t7-/m0/s1. The Morgan fingerprint density at radius 3 is 2.75 bits per heavy atom. The Kier molecular flexibility index (Phi) is 4.19. The minimum atomic E-state index is -1.09. The second kappa shape index (κ2) is 5.41. The zero-order valence-electron chi connectivity index (χ0n) is 8.24. The Morgan fingerprint density at radius 2 is 2.19 bits per heavy atom. The van der Waals surface area contributed by atoms with Gasteiger partial charge in [0.2, 0.25) is 0 Å². The van der Waals surface area contributed by atoms with Crippen LogP contribution in [0.3, 0.4) is 0 Å². The average molecular weight is 241 g/mol. The van der Waals surface area contributed by atoms with E-state index in [4.69, 9.17) is 5.11 Å². The number of aromatic hydroxyl groups is 2. The number of carbonyl (C=O) groups is 1. The Bertz CT molecular complexity index is 419. The highest BCUT2D eigenvalue weighted by molar-refractivity contribution is 7.80. The molecule has 1 rings (SSSR count). The maximum Gasteiger partial charge on any atom is 0.329 e. The molecule has 0 radical (unpaired) electrons. The van der Waals surface area contributed by atoms with Crippen molar-refractivity contribution in [1.82, 2.24) is 0 Å². The Labute approximate surface area is 97.5 Å². The number of hydrogen-bond donors (Lipinski definition) is 4. The number of carboxylic acids is 1. The Morgan fingerprint density at radius 1 is 1.50 bits per heavy atom. The predicted octanol–water partition coefficient (Wildman–Crippen LogP) is 0.900. The van der Waals surface area contributed by atoms with E-state index >= 15 is 0 Å². The molecule has 0 aromatic heterocycles. The monoisotopic (exact) mass is 241 g/mol. The fourth-order valence-electron chi connectivity index (χ4n) is 1.01. The summed E-state index contributed by atoms with van der Waals surface area (Å²) in [6, 6.07) is 3.38. The number of thiol groups is 1. The summed E-state index contributed by atoms with van der Waals surface area (Å²) < 4.78 is 0. The number of rotatable bonds is 4. The van der Waals surface area contributed by atoms with E-state index in [-0.39, 0.29) is 22.8 Å². The third kappa shape index (κ3) is 2.90. The molecule has 1 atom stereocenters. The van der Waals surface area contributed by atoms with Crippen molar-refractivity contribution < 1.29 is 20.1 Å². The van der Waals surface area contributed by atoms with Gasteiger partial charge in [-0.05, 0) is 12.1 Å². The maximum absolute atomic E-state index is 10.6. The number of phenols is 2. The molecule has 0 aliphatic heterocycles. The van der Waals surface area contributed by atoms with Crippen LogP contribution in [0.15, 0.2) is 23.2 Å². The van der Waals surface area contributed by atoms with Crippen LogP contribution in [0.1, 0.15) is 5.56 Å². The van der Waals surface area contributed by atoms with Gasteiger partial charge >= 0.3 is 5.97 Å². The van der Waals surface area contributed by atoms with Crippen LogP contribution in [-0.4, -0.2) is 39.3 Å². The zero-order chi connectivity index (χ0) is 12.1. The first-order valence-corrected chi connectivity index (χ1v) is 5.07. The third-order valence-corrected chi connectivity index (χ3v) is 2.24. The lowest BCUT2D eigenvalue weighted by Crippen LogP contribution is -2.19. The van der Waals surface area contributed by atoms with Gasteiger partial charge in [0.15, 0.2) is 17.5 Å². The summed E-state index contributed by atoms with van der Waals surface area (Å²) in [6.45, 7) is 0. The van der Waals surface area contributed by atoms with Crippen molar-refractivity contribution in [3.05, 3.63) is 23.8 Å². The molecule has 86 valence electrons. The minimum Gasteiger partial charge on any atom is -0.504 e. The second-order valence-corrected chi connectivity index (χ2v) is 3.39. The first-order valence-electron chi connectivity index (χ1n) is 4.44. The number of aliphatic imine (C=N–C) groups is 1. The average Bonchev–Trinajstić information content (AvgIpc) is 2.24. The van der Waals surface area contributed by atoms with E-state index in [0.717, 1.165) is 0 Å². The molecule has 0 aliphatic rings. The molecule has 0 saturated heterocycles. The first-order chi connectivity index (χ1) is 7.56. The molecular weight excluding hydrogens is 230 g/mol. The molecule has 0 saturated carbocycles. The largest absolute Gasteiger partial charge is 0.504 e. The molecule has 0 unspecified atom stereocenters. The topological polar surface area (TPSA) is 90.1 Å². The summed E-state index contributed by atoms with van der Waals surface area (Å²) >= 11 is 3.84. The van der Waals surface area contributed by atoms with Crippen LogP contribution >= 0.6 is 12.6 Å². The molecule has 0 fully saturated rings. The maximum atomic E-state index is 10.6. The van der Waals surface area contributed by atoms with Crippen molar-refractivity contribution in [2.75, 3.05) is 5.75 Å². The quantitative estimate of drug-likeness (QED) is 0.358. The fraction of sp³-hybridized carbons (Fsp3) is 0.200. The highest BCUT2D eigenvalue weighted by atomic mass is 32.1. The van der Waals surface area contributed by atoms with Crippen molar-refractivity contribution in [2.45, 2.75) is 6.04 Å². The first kappa shape index (κ1) is 12.4. The van der Waals surface area contributed by atoms with Crippen molar-refractivity contribution in [2.24, 2.45) is 4.99 Å². The van der Waals surface area contributed by atoms with Gasteiger partial charge < -0.3 is 15.3 Å². The number of para-hydroxylation sites is 1. The summed E-state index contributed by atoms with van der Waals surface area (Å²) in [5, 5.41) is 27.3. The molecule has 6 heteroatoms. The van der Waals surface area contributed by atoms with Crippen LogP contribution in [0.5, 0.6) is 11.5 Å². The molecule has 0 aliphatic carbocycles. The van der Waals surface area contributed by atoms with Crippen LogP contribution in [0.25, 0.3) is 0 Å². The van der Waals surface area contributed by atoms with Crippen LogP contribution in [-0.2, 0) is 4.79 Å². The van der Waals surface area contributed by atoms with Crippen molar-refractivity contribution in [1.29, 1.82) is 0 Å². The fourth-order valence-corrected chi connectivity index (χ4v) is 1.26. The molecule has 1 aromatic rings. The molecule has 16 heavy (non-hydrogen) atoms. The van der Waals surface area contributed by atoms with Crippen molar-refractivity contribution in [3.8, 4) is 11.5 Å². The van der Waals surface area contributed by atoms with Gasteiger partial charge in [0.25, 0.3) is 0 Å². The third-order valence-electron chi connectivity index (χ3n) is 1.90. The van der Waals surface area contributed by atoms with Gasteiger partial charge in [0.1, 0.15) is 0 Å². The number of phenolic OH excluding ortho intramolecular Hbond substituents is 2. The van der Waals surface area contributed by atoms with E-state index < -0.39 is 12.0 Å². The van der Waals surface area contributed by atoms with E-state index in [1.165, 1.54) is 24.4 Å². The van der Waals surface area contributed by atoms with E-state index in [0.29, 0.717) is 0 Å². The summed E-state index contributed by atoms with van der Waals surface area (Å²) in [4.78, 5) is 14.4. The molecule has 0 amide bonds. The molecule has 0 spiro atoms. The SMILES string of the molecule is O=C(O)[C@H](CS)N=Cc1cccc(O)c1O. The lowest BCUT2D eigenvalue weighted by atomic mass is 10.2. The van der Waals surface area contributed by atoms with Gasteiger partial charge in [-0.3, -0.25) is 4.99 Å². The van der Waals surface area contributed by atoms with Gasteiger partial charge in [-0.2, -0.15) is 12.6 Å². The minimum absolute atomic E-state index is 0.0609. The molecule has 3 N–H and O–H groups in total. The number of carboxylic acid groups (broad SMARTS) is 1. The molecule has 0 bridgehead atoms. The van der Waals surface area contributed by atoms with Gasteiger partial charge in [0, 0.05) is 17.5 Å². The summed E-state index contributed by atoms with van der Waals surface area (Å²) in [5.74, 6) is -1.63. The van der Waals surface area contributed by atoms with Crippen LogP contribution < -0.4 is 0 Å². The molecule has 5 nitrogen and oxygen atoms in total. The number of aliphatic carboxylic acids is 1. The van der Waals surface area contributed by atoms with Crippen LogP contribution in [0.4, 0.5) is 0 Å². The number of hydrogen-bond acceptors (Lipinski definition) is 5. The van der Waals surface area contributed by atoms with E-state index in [1.807, 2.05) is 0 Å². The Hall–Kier alpha value is -1.69. The van der Waals surface area contributed by atoms with Gasteiger partial charge in [-0.25, -0.2) is 4.79 Å². The highest BCUT2D eigenvalue weighted by Gasteiger charge is 2.12. The normalized spacial score (nSPS) is 12.8. The van der Waals surface area contributed by atoms with E-state index in [2.05, 4.69) is 17.6 Å². The molecule has 1 aromatic carbocycles. The smallest absolute Gasteiger partial charge is 0.329 e. The van der Waals surface area contributed by atoms with E-state index in [1.54, 1.807) is 0 Å². The summed E-state index contributed by atoms with van der Waals surface area (Å²) in [5.41, 5.74) is 0.257. The second-order valence-electron chi connectivity index (χ2n) is 3.03.